The number of rotatable bonds is 7. The zero-order chi connectivity index (χ0) is 20.0. The number of nitrogens with one attached hydrogen (secondary N) is 1. The Balaban J connectivity index is 1.52. The number of amides is 1. The van der Waals surface area contributed by atoms with Gasteiger partial charge in [0.25, 0.3) is 5.91 Å². The number of piperidine rings is 1. The molecule has 0 aliphatic carbocycles. The minimum atomic E-state index is -3.48. The van der Waals surface area contributed by atoms with Crippen molar-refractivity contribution in [2.24, 2.45) is 5.92 Å². The fourth-order valence-corrected chi connectivity index (χ4v) is 5.36. The molecule has 1 N–H and O–H groups in total. The molecule has 0 bridgehead atoms. The van der Waals surface area contributed by atoms with Crippen LogP contribution < -0.4 is 5.32 Å². The van der Waals surface area contributed by atoms with Gasteiger partial charge in [-0.1, -0.05) is 25.1 Å². The van der Waals surface area contributed by atoms with Crippen molar-refractivity contribution in [1.82, 2.24) is 9.62 Å². The van der Waals surface area contributed by atoms with Crippen LogP contribution in [0, 0.1) is 5.92 Å². The van der Waals surface area contributed by atoms with Gasteiger partial charge >= 0.3 is 0 Å². The van der Waals surface area contributed by atoms with Gasteiger partial charge in [-0.2, -0.15) is 4.31 Å². The van der Waals surface area contributed by atoms with Crippen molar-refractivity contribution in [3.05, 3.63) is 60.2 Å². The molecule has 2 aromatic rings. The molecular weight excluding hydrogens is 392 g/mol. The molecule has 0 unspecified atom stereocenters. The molecule has 2 aromatic carbocycles. The second kappa shape index (κ2) is 9.58. The Morgan fingerprint density at radius 2 is 1.71 bits per heavy atom. The van der Waals surface area contributed by atoms with Crippen LogP contribution in [0.15, 0.2) is 64.4 Å². The lowest BCUT2D eigenvalue weighted by Gasteiger charge is -2.29. The summed E-state index contributed by atoms with van der Waals surface area (Å²) < 4.78 is 27.0. The van der Waals surface area contributed by atoms with E-state index in [1.165, 1.54) is 17.0 Å². The van der Waals surface area contributed by atoms with Crippen LogP contribution >= 0.6 is 11.8 Å². The van der Waals surface area contributed by atoms with E-state index >= 15 is 0 Å². The highest BCUT2D eigenvalue weighted by Crippen LogP contribution is 2.23. The molecule has 1 amide bonds. The first-order chi connectivity index (χ1) is 13.5. The molecule has 1 saturated heterocycles. The summed E-state index contributed by atoms with van der Waals surface area (Å²) in [5.74, 6) is 1.15. The third-order valence-corrected chi connectivity index (χ3v) is 7.82. The van der Waals surface area contributed by atoms with Crippen LogP contribution in [0.2, 0.25) is 0 Å². The molecule has 5 nitrogen and oxygen atoms in total. The summed E-state index contributed by atoms with van der Waals surface area (Å²) in [7, 11) is -3.48. The lowest BCUT2D eigenvalue weighted by molar-refractivity contribution is 0.0956. The Kier molecular flexibility index (Phi) is 7.15. The van der Waals surface area contributed by atoms with E-state index in [0.717, 1.165) is 18.6 Å². The molecule has 0 aromatic heterocycles. The number of nitrogens with zero attached hydrogens (tertiary/aromatic N) is 1. The highest BCUT2D eigenvalue weighted by molar-refractivity contribution is 7.99. The summed E-state index contributed by atoms with van der Waals surface area (Å²) in [6.45, 7) is 3.82. The Labute approximate surface area is 171 Å². The van der Waals surface area contributed by atoms with Crippen molar-refractivity contribution >= 4 is 27.7 Å². The van der Waals surface area contributed by atoms with E-state index in [2.05, 4.69) is 12.2 Å². The quantitative estimate of drug-likeness (QED) is 0.551. The van der Waals surface area contributed by atoms with Gasteiger partial charge in [0, 0.05) is 35.8 Å². The first-order valence-electron chi connectivity index (χ1n) is 9.53. The Bertz CT molecular complexity index is 876. The predicted octanol–water partition coefficient (Wildman–Crippen LogP) is 3.63. The van der Waals surface area contributed by atoms with Crippen LogP contribution in [0.4, 0.5) is 0 Å². The van der Waals surface area contributed by atoms with Crippen molar-refractivity contribution < 1.29 is 13.2 Å². The van der Waals surface area contributed by atoms with Gasteiger partial charge in [0.05, 0.1) is 4.90 Å². The van der Waals surface area contributed by atoms with E-state index < -0.39 is 10.0 Å². The molecular formula is C21H26N2O3S2. The van der Waals surface area contributed by atoms with E-state index in [-0.39, 0.29) is 10.8 Å². The average molecular weight is 419 g/mol. The second-order valence-electron chi connectivity index (χ2n) is 7.03. The van der Waals surface area contributed by atoms with Crippen LogP contribution in [0.1, 0.15) is 30.1 Å². The van der Waals surface area contributed by atoms with Gasteiger partial charge in [0.2, 0.25) is 10.0 Å². The number of sulfonamides is 1. The molecule has 0 radical (unpaired) electrons. The summed E-state index contributed by atoms with van der Waals surface area (Å²) in [5.41, 5.74) is 0.468. The average Bonchev–Trinajstić information content (AvgIpc) is 2.72. The largest absolute Gasteiger partial charge is 0.351 e. The third kappa shape index (κ3) is 5.37. The van der Waals surface area contributed by atoms with Crippen molar-refractivity contribution in [3.8, 4) is 0 Å². The van der Waals surface area contributed by atoms with Gasteiger partial charge in [-0.15, -0.1) is 11.8 Å². The molecule has 1 fully saturated rings. The van der Waals surface area contributed by atoms with Gasteiger partial charge in [0.1, 0.15) is 0 Å². The number of carbonyl (C=O) groups is 1. The second-order valence-corrected chi connectivity index (χ2v) is 10.1. The molecule has 1 aliphatic heterocycles. The lowest BCUT2D eigenvalue weighted by Crippen LogP contribution is -2.37. The van der Waals surface area contributed by atoms with E-state index in [9.17, 15) is 13.2 Å². The molecule has 0 saturated carbocycles. The minimum absolute atomic E-state index is 0.190. The number of benzene rings is 2. The molecule has 28 heavy (non-hydrogen) atoms. The number of thioether (sulfide) groups is 1. The normalized spacial score (nSPS) is 16.0. The smallest absolute Gasteiger partial charge is 0.251 e. The predicted molar refractivity (Wildman–Crippen MR) is 113 cm³/mol. The van der Waals surface area contributed by atoms with Crippen molar-refractivity contribution in [3.63, 3.8) is 0 Å². The van der Waals surface area contributed by atoms with E-state index in [1.807, 2.05) is 30.3 Å². The Morgan fingerprint density at radius 3 is 2.36 bits per heavy atom. The highest BCUT2D eigenvalue weighted by Gasteiger charge is 2.28. The van der Waals surface area contributed by atoms with E-state index in [4.69, 9.17) is 0 Å². The standard InChI is InChI=1S/C21H26N2O3S2/c1-17-11-14-23(15-12-17)28(25,26)20-9-7-18(8-10-20)21(24)22-13-16-27-19-5-3-2-4-6-19/h2-10,17H,11-16H2,1H3,(H,22,24). The van der Waals surface area contributed by atoms with Crippen LogP contribution in [-0.2, 0) is 10.0 Å². The number of hydrogen-bond donors (Lipinski definition) is 1. The zero-order valence-electron chi connectivity index (χ0n) is 16.0. The van der Waals surface area contributed by atoms with Gasteiger partial charge in [-0.05, 0) is 55.2 Å². The molecule has 7 heteroatoms. The SMILES string of the molecule is CC1CCN(S(=O)(=O)c2ccc(C(=O)NCCSc3ccccc3)cc2)CC1. The summed E-state index contributed by atoms with van der Waals surface area (Å²) >= 11 is 1.68. The van der Waals surface area contributed by atoms with Crippen molar-refractivity contribution in [2.45, 2.75) is 29.6 Å². The molecule has 0 atom stereocenters. The highest BCUT2D eigenvalue weighted by atomic mass is 32.2. The molecule has 1 aliphatic rings. The van der Waals surface area contributed by atoms with Crippen LogP contribution in [0.25, 0.3) is 0 Å². The van der Waals surface area contributed by atoms with Crippen molar-refractivity contribution in [2.75, 3.05) is 25.4 Å². The molecule has 3 rings (SSSR count). The van der Waals surface area contributed by atoms with Gasteiger partial charge in [-0.25, -0.2) is 8.42 Å². The zero-order valence-corrected chi connectivity index (χ0v) is 17.6. The monoisotopic (exact) mass is 418 g/mol. The molecule has 150 valence electrons. The Morgan fingerprint density at radius 1 is 1.07 bits per heavy atom. The van der Waals surface area contributed by atoms with E-state index in [1.54, 1.807) is 28.2 Å². The third-order valence-electron chi connectivity index (χ3n) is 4.90. The van der Waals surface area contributed by atoms with Gasteiger partial charge in [0.15, 0.2) is 0 Å². The minimum Gasteiger partial charge on any atom is -0.351 e. The maximum absolute atomic E-state index is 12.7. The number of carbonyl (C=O) groups excluding carboxylic acids is 1. The molecule has 0 spiro atoms. The fourth-order valence-electron chi connectivity index (χ4n) is 3.10. The van der Waals surface area contributed by atoms with Gasteiger partial charge in [-0.3, -0.25) is 4.79 Å². The first-order valence-corrected chi connectivity index (χ1v) is 12.0. The van der Waals surface area contributed by atoms with Crippen molar-refractivity contribution in [1.29, 1.82) is 0 Å². The fraction of sp³-hybridized carbons (Fsp3) is 0.381. The maximum atomic E-state index is 12.7. The first kappa shape index (κ1) is 20.9. The maximum Gasteiger partial charge on any atom is 0.251 e. The number of hydrogen-bond acceptors (Lipinski definition) is 4. The van der Waals surface area contributed by atoms with Crippen LogP contribution in [0.3, 0.4) is 0 Å². The lowest BCUT2D eigenvalue weighted by atomic mass is 10.0. The van der Waals surface area contributed by atoms with Gasteiger partial charge < -0.3 is 5.32 Å². The Hall–Kier alpha value is -1.83. The summed E-state index contributed by atoms with van der Waals surface area (Å²) in [4.78, 5) is 13.7. The van der Waals surface area contributed by atoms with E-state index in [0.29, 0.717) is 31.1 Å². The summed E-state index contributed by atoms with van der Waals surface area (Å²) in [6, 6.07) is 16.2. The molecule has 1 heterocycles. The topological polar surface area (TPSA) is 66.5 Å². The summed E-state index contributed by atoms with van der Waals surface area (Å²) in [5, 5.41) is 2.88. The van der Waals surface area contributed by atoms with Crippen LogP contribution in [0.5, 0.6) is 0 Å². The summed E-state index contributed by atoms with van der Waals surface area (Å²) in [6.07, 6.45) is 1.78. The van der Waals surface area contributed by atoms with Crippen LogP contribution in [-0.4, -0.2) is 44.0 Å².